The first kappa shape index (κ1) is 58.8. The summed E-state index contributed by atoms with van der Waals surface area (Å²) in [5.74, 6) is -1.87. The number of hydrogen-bond acceptors (Lipinski definition) is 14. The molecule has 3 aromatic carbocycles. The van der Waals surface area contributed by atoms with E-state index >= 15 is 0 Å². The average molecular weight is 1130 g/mol. The molecule has 0 bridgehead atoms. The summed E-state index contributed by atoms with van der Waals surface area (Å²) in [5, 5.41) is 13.8. The summed E-state index contributed by atoms with van der Waals surface area (Å²) in [6.45, 7) is 9.59. The molecule has 3 aliphatic heterocycles. The zero-order valence-corrected chi connectivity index (χ0v) is 47.2. The van der Waals surface area contributed by atoms with Crippen molar-refractivity contribution in [3.63, 3.8) is 0 Å². The Morgan fingerprint density at radius 2 is 1.42 bits per heavy atom. The number of benzene rings is 3. The van der Waals surface area contributed by atoms with E-state index in [1.54, 1.807) is 49.3 Å². The Bertz CT molecular complexity index is 3200. The smallest absolute Gasteiger partial charge is 0.415 e. The van der Waals surface area contributed by atoms with Gasteiger partial charge in [0.1, 0.15) is 24.7 Å². The molecule has 0 spiro atoms. The summed E-state index contributed by atoms with van der Waals surface area (Å²) in [5.41, 5.74) is 4.52. The molecule has 5 heterocycles. The maximum atomic E-state index is 14.2. The molecular weight excluding hydrogens is 1060 g/mol. The number of anilines is 2. The highest BCUT2D eigenvalue weighted by Gasteiger charge is 2.33. The average Bonchev–Trinajstić information content (AvgIpc) is 4.52. The lowest BCUT2D eigenvalue weighted by molar-refractivity contribution is -0.137. The van der Waals surface area contributed by atoms with Gasteiger partial charge in [0.05, 0.1) is 30.0 Å². The number of hydrogen-bond donors (Lipinski definition) is 5. The highest BCUT2D eigenvalue weighted by Crippen LogP contribution is 2.45. The molecule has 22 nitrogen and oxygen atoms in total. The molecule has 430 valence electrons. The molecule has 1 fully saturated rings. The van der Waals surface area contributed by atoms with Gasteiger partial charge >= 0.3 is 12.2 Å². The van der Waals surface area contributed by atoms with E-state index in [1.807, 2.05) is 50.4 Å². The van der Waals surface area contributed by atoms with Crippen molar-refractivity contribution in [3.05, 3.63) is 94.5 Å². The zero-order chi connectivity index (χ0) is 57.8. The van der Waals surface area contributed by atoms with Crippen LogP contribution >= 0.6 is 11.3 Å². The number of imide groups is 1. The van der Waals surface area contributed by atoms with Crippen LogP contribution in [0.1, 0.15) is 79.6 Å². The summed E-state index contributed by atoms with van der Waals surface area (Å²) < 4.78 is 18.6. The molecule has 1 saturated heterocycles. The predicted molar refractivity (Wildman–Crippen MR) is 305 cm³/mol. The van der Waals surface area contributed by atoms with Crippen LogP contribution in [0.15, 0.2) is 72.1 Å². The second-order valence-electron chi connectivity index (χ2n) is 21.4. The van der Waals surface area contributed by atoms with Crippen molar-refractivity contribution in [3.8, 4) is 11.5 Å². The molecule has 5 N–H and O–H groups in total. The summed E-state index contributed by atoms with van der Waals surface area (Å²) in [6.07, 6.45) is 6.18. The van der Waals surface area contributed by atoms with Crippen LogP contribution in [0.5, 0.6) is 11.5 Å². The number of unbranched alkanes of at least 4 members (excludes halogenated alkanes) is 2. The first-order chi connectivity index (χ1) is 38.8. The van der Waals surface area contributed by atoms with Crippen LogP contribution in [-0.4, -0.2) is 164 Å². The number of likely N-dealkylation sites (tertiary alicyclic amines) is 1. The number of rotatable bonds is 25. The number of ether oxygens (including phenoxy) is 3. The third-order valence-electron chi connectivity index (χ3n) is 14.2. The normalized spacial score (nSPS) is 14.1. The number of aromatic nitrogens is 1. The van der Waals surface area contributed by atoms with Crippen molar-refractivity contribution < 1.29 is 57.4 Å². The number of fused-ring (bicyclic) bond motifs is 4. The number of amides is 9. The van der Waals surface area contributed by atoms with E-state index in [-0.39, 0.29) is 69.4 Å². The lowest BCUT2D eigenvalue weighted by Crippen LogP contribution is -2.44. The summed E-state index contributed by atoms with van der Waals surface area (Å²) in [6, 6.07) is 16.0. The number of carbonyl (C=O) groups excluding carboxylic acids is 9. The third-order valence-corrected chi connectivity index (χ3v) is 15.3. The van der Waals surface area contributed by atoms with Crippen molar-refractivity contribution in [1.29, 1.82) is 0 Å². The zero-order valence-electron chi connectivity index (χ0n) is 46.4. The first-order valence-corrected chi connectivity index (χ1v) is 28.1. The fourth-order valence-corrected chi connectivity index (χ4v) is 11.2. The van der Waals surface area contributed by atoms with Gasteiger partial charge in [0.15, 0.2) is 5.75 Å². The largest absolute Gasteiger partial charge is 0.492 e. The van der Waals surface area contributed by atoms with Gasteiger partial charge in [-0.15, -0.1) is 11.3 Å². The fraction of sp³-hybridized carbons (Fsp3) is 0.431. The molecule has 0 saturated carbocycles. The molecule has 0 aliphatic carbocycles. The highest BCUT2D eigenvalue weighted by atomic mass is 32.1. The van der Waals surface area contributed by atoms with Crippen molar-refractivity contribution in [1.82, 2.24) is 40.5 Å². The second kappa shape index (κ2) is 26.8. The topological polar surface area (TPSA) is 261 Å². The van der Waals surface area contributed by atoms with Gasteiger partial charge in [-0.3, -0.25) is 43.4 Å². The van der Waals surface area contributed by atoms with Crippen LogP contribution < -0.4 is 35.6 Å². The van der Waals surface area contributed by atoms with Gasteiger partial charge in [-0.05, 0) is 111 Å². The van der Waals surface area contributed by atoms with Crippen LogP contribution in [-0.2, 0) is 46.5 Å². The van der Waals surface area contributed by atoms with Crippen LogP contribution in [0.2, 0.25) is 0 Å². The minimum absolute atomic E-state index is 0.0571. The fourth-order valence-electron chi connectivity index (χ4n) is 10.2. The number of nitrogens with one attached hydrogen (secondary N) is 5. The Morgan fingerprint density at radius 3 is 2.12 bits per heavy atom. The molecule has 5 aromatic rings. The molecule has 3 aliphatic rings. The number of nitrogens with zero attached hydrogens (tertiary/aromatic N) is 5. The molecule has 0 unspecified atom stereocenters. The van der Waals surface area contributed by atoms with E-state index in [4.69, 9.17) is 14.2 Å². The minimum Gasteiger partial charge on any atom is -0.492 e. The Hall–Kier alpha value is -8.31. The Kier molecular flexibility index (Phi) is 19.4. The molecule has 23 heteroatoms. The molecule has 8 rings (SSSR count). The number of H-pyrrole nitrogens is 1. The van der Waals surface area contributed by atoms with E-state index in [0.29, 0.717) is 67.2 Å². The van der Waals surface area contributed by atoms with Crippen molar-refractivity contribution in [2.24, 2.45) is 5.41 Å². The van der Waals surface area contributed by atoms with Crippen LogP contribution in [0, 0.1) is 12.3 Å². The Morgan fingerprint density at radius 1 is 0.753 bits per heavy atom. The summed E-state index contributed by atoms with van der Waals surface area (Å²) >= 11 is 1.49. The third kappa shape index (κ3) is 15.7. The second-order valence-corrected chi connectivity index (χ2v) is 22.3. The predicted octanol–water partition coefficient (Wildman–Crippen LogP) is 5.87. The van der Waals surface area contributed by atoms with Gasteiger partial charge in [0.2, 0.25) is 23.6 Å². The highest BCUT2D eigenvalue weighted by molar-refractivity contribution is 7.17. The first-order valence-electron chi connectivity index (χ1n) is 27.2. The molecular formula is C58H70N10O12S. The van der Waals surface area contributed by atoms with Gasteiger partial charge in [-0.1, -0.05) is 32.4 Å². The van der Waals surface area contributed by atoms with Gasteiger partial charge in [0.25, 0.3) is 17.7 Å². The van der Waals surface area contributed by atoms with Crippen molar-refractivity contribution in [2.75, 3.05) is 96.4 Å². The van der Waals surface area contributed by atoms with Gasteiger partial charge in [-0.25, -0.2) is 9.59 Å². The van der Waals surface area contributed by atoms with Crippen molar-refractivity contribution >= 4 is 97.2 Å². The molecule has 2 aromatic heterocycles. The van der Waals surface area contributed by atoms with Crippen LogP contribution in [0.4, 0.5) is 21.0 Å². The molecule has 0 atom stereocenters. The standard InChI is InChI=1S/C58H70N10O12S/c1-37-34-81-54-46(29-45-42(53(37)54)20-24-67(45)55(75)44-28-39-27-41(16-17-43(39)63-44)78-26-25-66-21-9-10-22-66)80-57(77)65(5)36-58(2,3)35-64(4)56(76)79-33-38-12-14-40(15-13-38)62-50(72)32-61-49(71)31-60-48(70)30-59-47(69)11-7-6-8-23-68-51(73)18-19-52(68)74/h12-19,27-29,34,63H,6-11,20-26,30-33,35-36H2,1-5H3,(H,59,69)(H,60,70)(H,61,71)(H,62,72). The SMILES string of the molecule is Cc1csc2c(OC(=O)N(C)CC(C)(C)CN(C)C(=O)OCc3ccc(NC(=O)CNC(=O)CNC(=O)CNC(=O)CCCCCN4C(=O)C=CC4=O)cc3)cc3c(c12)CCN3C(=O)c1cc2cc(OCCN3CCCC3)ccc2[nH]1. The Balaban J connectivity index is 0.731. The number of carbonyl (C=O) groups is 9. The van der Waals surface area contributed by atoms with Crippen LogP contribution in [0.3, 0.4) is 0 Å². The van der Waals surface area contributed by atoms with E-state index in [1.165, 1.54) is 46.1 Å². The number of thiophene rings is 1. The maximum Gasteiger partial charge on any atom is 0.415 e. The number of aromatic amines is 1. The van der Waals surface area contributed by atoms with Crippen LogP contribution in [0.25, 0.3) is 21.0 Å². The van der Waals surface area contributed by atoms with Gasteiger partial charge in [0, 0.05) is 98.8 Å². The lowest BCUT2D eigenvalue weighted by Gasteiger charge is -2.33. The van der Waals surface area contributed by atoms with Gasteiger partial charge < -0.3 is 55.2 Å². The quantitative estimate of drug-likeness (QED) is 0.0339. The van der Waals surface area contributed by atoms with Crippen molar-refractivity contribution in [2.45, 2.75) is 72.3 Å². The van der Waals surface area contributed by atoms with Gasteiger partial charge in [-0.2, -0.15) is 0 Å². The summed E-state index contributed by atoms with van der Waals surface area (Å²) in [7, 11) is 3.25. The van der Waals surface area contributed by atoms with E-state index < -0.39 is 41.9 Å². The maximum absolute atomic E-state index is 14.2. The van der Waals surface area contributed by atoms with E-state index in [2.05, 4.69) is 31.2 Å². The molecule has 0 radical (unpaired) electrons. The van der Waals surface area contributed by atoms with E-state index in [9.17, 15) is 43.2 Å². The monoisotopic (exact) mass is 1130 g/mol. The number of aryl methyl sites for hydroxylation is 1. The molecule has 9 amide bonds. The lowest BCUT2D eigenvalue weighted by atomic mass is 9.92. The van der Waals surface area contributed by atoms with E-state index in [0.717, 1.165) is 62.4 Å². The summed E-state index contributed by atoms with van der Waals surface area (Å²) in [4.78, 5) is 125. The molecule has 81 heavy (non-hydrogen) atoms. The Labute approximate surface area is 473 Å². The minimum atomic E-state index is -0.620.